The van der Waals surface area contributed by atoms with Crippen LogP contribution in [0, 0.1) is 12.7 Å². The molecule has 1 aromatic carbocycles. The minimum Gasteiger partial charge on any atom is -0.383 e. The molecular formula is C19H25FN4O5S. The van der Waals surface area contributed by atoms with Gasteiger partial charge in [0.25, 0.3) is 5.91 Å². The number of hydrogen-bond acceptors (Lipinski definition) is 6. The van der Waals surface area contributed by atoms with E-state index in [0.29, 0.717) is 50.5 Å². The Hall–Kier alpha value is -2.34. The van der Waals surface area contributed by atoms with Crippen molar-refractivity contribution in [3.8, 4) is 11.3 Å². The first kappa shape index (κ1) is 22.3. The Labute approximate surface area is 174 Å². The molecule has 0 aliphatic carbocycles. The summed E-state index contributed by atoms with van der Waals surface area (Å²) in [6.07, 6.45) is 4.05. The van der Waals surface area contributed by atoms with E-state index in [0.717, 1.165) is 0 Å². The monoisotopic (exact) mass is 440 g/mol. The quantitative estimate of drug-likeness (QED) is 0.600. The van der Waals surface area contributed by atoms with Crippen LogP contribution in [-0.2, 0) is 26.0 Å². The molecule has 1 amide bonds. The van der Waals surface area contributed by atoms with E-state index in [-0.39, 0.29) is 11.1 Å². The SMILES string of the molecule is COCCn1cnc(-c2cc(C)c(F)c(C(=O)NNS(=O)(=O)C3CCOCC3)c2)c1. The molecule has 2 N–H and O–H groups in total. The van der Waals surface area contributed by atoms with Crippen LogP contribution in [0.3, 0.4) is 0 Å². The minimum atomic E-state index is -3.79. The number of aromatic nitrogens is 2. The zero-order valence-electron chi connectivity index (χ0n) is 16.9. The summed E-state index contributed by atoms with van der Waals surface area (Å²) in [5.74, 6) is -1.60. The van der Waals surface area contributed by atoms with Gasteiger partial charge >= 0.3 is 0 Å². The lowest BCUT2D eigenvalue weighted by atomic mass is 10.0. The van der Waals surface area contributed by atoms with Crippen LogP contribution in [0.25, 0.3) is 11.3 Å². The number of halogens is 1. The number of rotatable bonds is 8. The predicted octanol–water partition coefficient (Wildman–Crippen LogP) is 1.39. The zero-order chi connectivity index (χ0) is 21.7. The summed E-state index contributed by atoms with van der Waals surface area (Å²) in [6, 6.07) is 2.94. The lowest BCUT2D eigenvalue weighted by Gasteiger charge is -2.22. The number of sulfonamides is 1. The largest absolute Gasteiger partial charge is 0.383 e. The third-order valence-electron chi connectivity index (χ3n) is 4.90. The predicted molar refractivity (Wildman–Crippen MR) is 108 cm³/mol. The molecule has 0 bridgehead atoms. The molecular weight excluding hydrogens is 415 g/mol. The molecule has 0 radical (unpaired) electrons. The maximum Gasteiger partial charge on any atom is 0.269 e. The second-order valence-corrected chi connectivity index (χ2v) is 9.02. The average molecular weight is 440 g/mol. The maximum absolute atomic E-state index is 14.6. The molecule has 1 fully saturated rings. The number of methoxy groups -OCH3 is 1. The summed E-state index contributed by atoms with van der Waals surface area (Å²) >= 11 is 0. The number of ether oxygens (including phenoxy) is 2. The van der Waals surface area contributed by atoms with Crippen LogP contribution in [0.2, 0.25) is 0 Å². The van der Waals surface area contributed by atoms with Crippen LogP contribution in [0.1, 0.15) is 28.8 Å². The van der Waals surface area contributed by atoms with E-state index in [2.05, 4.69) is 15.2 Å². The molecule has 164 valence electrons. The number of carbonyl (C=O) groups is 1. The van der Waals surface area contributed by atoms with Gasteiger partial charge in [-0.05, 0) is 37.5 Å². The fourth-order valence-corrected chi connectivity index (χ4v) is 4.38. The van der Waals surface area contributed by atoms with Crippen LogP contribution in [0.5, 0.6) is 0 Å². The van der Waals surface area contributed by atoms with E-state index < -0.39 is 27.0 Å². The van der Waals surface area contributed by atoms with Crippen molar-refractivity contribution in [3.05, 3.63) is 41.6 Å². The van der Waals surface area contributed by atoms with Gasteiger partial charge in [-0.25, -0.2) is 17.8 Å². The Balaban J connectivity index is 1.76. The maximum atomic E-state index is 14.6. The summed E-state index contributed by atoms with van der Waals surface area (Å²) in [6.45, 7) is 3.33. The molecule has 1 aliphatic heterocycles. The smallest absolute Gasteiger partial charge is 0.269 e. The summed E-state index contributed by atoms with van der Waals surface area (Å²) in [4.78, 5) is 18.9. The van der Waals surface area contributed by atoms with E-state index >= 15 is 0 Å². The number of imidazole rings is 1. The van der Waals surface area contributed by atoms with E-state index in [9.17, 15) is 17.6 Å². The first-order valence-corrected chi connectivity index (χ1v) is 11.1. The van der Waals surface area contributed by atoms with Crippen LogP contribution in [0.15, 0.2) is 24.7 Å². The van der Waals surface area contributed by atoms with Crippen LogP contribution < -0.4 is 10.3 Å². The molecule has 11 heteroatoms. The van der Waals surface area contributed by atoms with Gasteiger partial charge in [0.05, 0.1) is 29.4 Å². The molecule has 1 aromatic heterocycles. The lowest BCUT2D eigenvalue weighted by Crippen LogP contribution is -2.47. The highest BCUT2D eigenvalue weighted by atomic mass is 32.2. The fraction of sp³-hybridized carbons (Fsp3) is 0.474. The van der Waals surface area contributed by atoms with Crippen molar-refractivity contribution in [1.82, 2.24) is 19.8 Å². The highest BCUT2D eigenvalue weighted by Gasteiger charge is 2.28. The molecule has 1 aliphatic rings. The Kier molecular flexibility index (Phi) is 7.19. The number of nitrogens with zero attached hydrogens (tertiary/aromatic N) is 2. The molecule has 2 aromatic rings. The molecule has 0 saturated carbocycles. The number of aryl methyl sites for hydroxylation is 1. The lowest BCUT2D eigenvalue weighted by molar-refractivity contribution is 0.0934. The summed E-state index contributed by atoms with van der Waals surface area (Å²) < 4.78 is 51.3. The van der Waals surface area contributed by atoms with Crippen molar-refractivity contribution in [1.29, 1.82) is 0 Å². The molecule has 0 unspecified atom stereocenters. The number of amides is 1. The van der Waals surface area contributed by atoms with Gasteiger partial charge in [-0.2, -0.15) is 0 Å². The van der Waals surface area contributed by atoms with Crippen LogP contribution >= 0.6 is 0 Å². The van der Waals surface area contributed by atoms with E-state index in [4.69, 9.17) is 9.47 Å². The number of nitrogens with one attached hydrogen (secondary N) is 2. The van der Waals surface area contributed by atoms with Gasteiger partial charge in [-0.3, -0.25) is 10.2 Å². The molecule has 0 spiro atoms. The number of carbonyl (C=O) groups excluding carboxylic acids is 1. The van der Waals surface area contributed by atoms with Crippen LogP contribution in [0.4, 0.5) is 4.39 Å². The molecule has 3 rings (SSSR count). The second kappa shape index (κ2) is 9.65. The topological polar surface area (TPSA) is 112 Å². The van der Waals surface area contributed by atoms with Gasteiger partial charge in [0.1, 0.15) is 5.82 Å². The molecule has 2 heterocycles. The molecule has 9 nitrogen and oxygen atoms in total. The standard InChI is InChI=1S/C19H25FN4O5S/c1-13-9-14(17-11-24(12-21-17)5-8-28-2)10-16(18(13)20)19(25)22-23-30(26,27)15-3-6-29-7-4-15/h9-12,15,23H,3-8H2,1-2H3,(H,22,25). The van der Waals surface area contributed by atoms with E-state index in [1.807, 2.05) is 4.57 Å². The normalized spacial score (nSPS) is 15.3. The van der Waals surface area contributed by atoms with E-state index in [1.54, 1.807) is 25.7 Å². The Bertz CT molecular complexity index is 1000. The summed E-state index contributed by atoms with van der Waals surface area (Å²) in [7, 11) is -2.19. The Morgan fingerprint density at radius 1 is 1.37 bits per heavy atom. The van der Waals surface area contributed by atoms with Gasteiger partial charge < -0.3 is 14.0 Å². The highest BCUT2D eigenvalue weighted by molar-refractivity contribution is 7.90. The summed E-state index contributed by atoms with van der Waals surface area (Å²) in [5.41, 5.74) is 3.20. The van der Waals surface area contributed by atoms with Crippen molar-refractivity contribution < 1.29 is 27.1 Å². The molecule has 0 atom stereocenters. The number of hydrogen-bond donors (Lipinski definition) is 2. The van der Waals surface area contributed by atoms with Gasteiger partial charge in [0.15, 0.2) is 0 Å². The number of hydrazine groups is 1. The first-order chi connectivity index (χ1) is 14.3. The second-order valence-electron chi connectivity index (χ2n) is 7.06. The van der Waals surface area contributed by atoms with Crippen molar-refractivity contribution >= 4 is 15.9 Å². The molecule has 30 heavy (non-hydrogen) atoms. The summed E-state index contributed by atoms with van der Waals surface area (Å²) in [5, 5.41) is -0.666. The van der Waals surface area contributed by atoms with Gasteiger partial charge in [0.2, 0.25) is 10.0 Å². The Morgan fingerprint density at radius 3 is 2.80 bits per heavy atom. The average Bonchev–Trinajstić information content (AvgIpc) is 3.22. The van der Waals surface area contributed by atoms with Gasteiger partial charge in [-0.15, -0.1) is 4.83 Å². The first-order valence-electron chi connectivity index (χ1n) is 9.51. The van der Waals surface area contributed by atoms with Crippen molar-refractivity contribution in [2.24, 2.45) is 0 Å². The van der Waals surface area contributed by atoms with Crippen molar-refractivity contribution in [2.45, 2.75) is 31.6 Å². The number of benzene rings is 1. The Morgan fingerprint density at radius 2 is 2.10 bits per heavy atom. The highest BCUT2D eigenvalue weighted by Crippen LogP contribution is 2.24. The minimum absolute atomic E-state index is 0.247. The van der Waals surface area contributed by atoms with Crippen LogP contribution in [-0.4, -0.2) is 56.1 Å². The van der Waals surface area contributed by atoms with E-state index in [1.165, 1.54) is 13.0 Å². The zero-order valence-corrected chi connectivity index (χ0v) is 17.7. The van der Waals surface area contributed by atoms with Gasteiger partial charge in [-0.1, -0.05) is 0 Å². The van der Waals surface area contributed by atoms with Crippen molar-refractivity contribution in [3.63, 3.8) is 0 Å². The molecule has 1 saturated heterocycles. The third-order valence-corrected chi connectivity index (χ3v) is 6.63. The third kappa shape index (κ3) is 5.22. The van der Waals surface area contributed by atoms with Gasteiger partial charge in [0, 0.05) is 38.6 Å². The fourth-order valence-electron chi connectivity index (χ4n) is 3.17. The van der Waals surface area contributed by atoms with Crippen molar-refractivity contribution in [2.75, 3.05) is 26.9 Å².